The zero-order valence-electron chi connectivity index (χ0n) is 16.9. The number of ether oxygens (including phenoxy) is 1. The SMILES string of the molecule is Cc1cc(-c2cncc(OC(F)F)c2)nc2c1C(=O)N(C1=CC(CC#N)=CNC1)C2C. The number of carbonyl (C=O) groups excluding carboxylic acids is 1. The number of halogens is 2. The van der Waals surface area contributed by atoms with E-state index in [-0.39, 0.29) is 24.1 Å². The van der Waals surface area contributed by atoms with Crippen molar-refractivity contribution < 1.29 is 18.3 Å². The Hall–Kier alpha value is -3.80. The van der Waals surface area contributed by atoms with Crippen LogP contribution in [0.5, 0.6) is 5.75 Å². The molecule has 0 fully saturated rings. The van der Waals surface area contributed by atoms with Gasteiger partial charge < -0.3 is 15.0 Å². The fourth-order valence-corrected chi connectivity index (χ4v) is 3.89. The Morgan fingerprint density at radius 3 is 2.94 bits per heavy atom. The second kappa shape index (κ2) is 8.14. The van der Waals surface area contributed by atoms with E-state index in [0.717, 1.165) is 16.8 Å². The van der Waals surface area contributed by atoms with Gasteiger partial charge in [0, 0.05) is 23.7 Å². The van der Waals surface area contributed by atoms with Gasteiger partial charge in [0.15, 0.2) is 0 Å². The van der Waals surface area contributed by atoms with Crippen LogP contribution in [0.1, 0.15) is 41.0 Å². The van der Waals surface area contributed by atoms with Gasteiger partial charge in [-0.15, -0.1) is 0 Å². The lowest BCUT2D eigenvalue weighted by molar-refractivity contribution is -0.0500. The molecular formula is C22H19F2N5O2. The molecule has 0 aliphatic carbocycles. The fourth-order valence-electron chi connectivity index (χ4n) is 3.89. The molecule has 2 aromatic rings. The van der Waals surface area contributed by atoms with Crippen molar-refractivity contribution in [1.29, 1.82) is 5.26 Å². The summed E-state index contributed by atoms with van der Waals surface area (Å²) in [6.07, 6.45) is 6.59. The van der Waals surface area contributed by atoms with Crippen molar-refractivity contribution in [2.45, 2.75) is 32.9 Å². The van der Waals surface area contributed by atoms with Gasteiger partial charge in [-0.05, 0) is 43.2 Å². The maximum atomic E-state index is 13.2. The molecule has 2 aliphatic rings. The van der Waals surface area contributed by atoms with E-state index in [1.165, 1.54) is 18.5 Å². The number of nitrogens with zero attached hydrogens (tertiary/aromatic N) is 4. The van der Waals surface area contributed by atoms with Crippen LogP contribution in [0, 0.1) is 18.3 Å². The van der Waals surface area contributed by atoms with Crippen molar-refractivity contribution in [2.75, 3.05) is 6.54 Å². The van der Waals surface area contributed by atoms with Crippen LogP contribution in [0.4, 0.5) is 8.78 Å². The number of rotatable bonds is 5. The van der Waals surface area contributed by atoms with Gasteiger partial charge in [-0.1, -0.05) is 0 Å². The highest BCUT2D eigenvalue weighted by atomic mass is 19.3. The van der Waals surface area contributed by atoms with Gasteiger partial charge in [-0.25, -0.2) is 4.98 Å². The molecule has 0 saturated heterocycles. The zero-order chi connectivity index (χ0) is 22.1. The topological polar surface area (TPSA) is 91.1 Å². The summed E-state index contributed by atoms with van der Waals surface area (Å²) in [6.45, 7) is 1.22. The predicted molar refractivity (Wildman–Crippen MR) is 108 cm³/mol. The summed E-state index contributed by atoms with van der Waals surface area (Å²) in [5.74, 6) is -0.216. The molecular weight excluding hydrogens is 404 g/mol. The van der Waals surface area contributed by atoms with Gasteiger partial charge in [0.25, 0.3) is 5.91 Å². The second-order valence-corrected chi connectivity index (χ2v) is 7.29. The summed E-state index contributed by atoms with van der Waals surface area (Å²) in [4.78, 5) is 23.5. The zero-order valence-corrected chi connectivity index (χ0v) is 16.9. The number of fused-ring (bicyclic) bond motifs is 1. The number of pyridine rings is 2. The van der Waals surface area contributed by atoms with Crippen molar-refractivity contribution in [3.05, 3.63) is 64.9 Å². The highest BCUT2D eigenvalue weighted by Crippen LogP contribution is 2.39. The number of hydrogen-bond donors (Lipinski definition) is 1. The number of dihydropyridines is 1. The van der Waals surface area contributed by atoms with E-state index in [2.05, 4.69) is 26.1 Å². The van der Waals surface area contributed by atoms with Crippen molar-refractivity contribution in [3.8, 4) is 23.1 Å². The number of allylic oxidation sites excluding steroid dienone is 2. The first-order valence-electron chi connectivity index (χ1n) is 9.64. The predicted octanol–water partition coefficient (Wildman–Crippen LogP) is 3.85. The molecule has 2 aliphatic heterocycles. The van der Waals surface area contributed by atoms with Gasteiger partial charge in [0.1, 0.15) is 5.75 Å². The van der Waals surface area contributed by atoms with Gasteiger partial charge in [0.2, 0.25) is 0 Å². The van der Waals surface area contributed by atoms with E-state index in [0.29, 0.717) is 29.1 Å². The lowest BCUT2D eigenvalue weighted by Gasteiger charge is -2.27. The summed E-state index contributed by atoms with van der Waals surface area (Å²) in [6, 6.07) is 4.96. The van der Waals surface area contributed by atoms with Crippen LogP contribution < -0.4 is 10.1 Å². The summed E-state index contributed by atoms with van der Waals surface area (Å²) < 4.78 is 29.5. The maximum absolute atomic E-state index is 13.2. The average molecular weight is 423 g/mol. The highest BCUT2D eigenvalue weighted by Gasteiger charge is 2.39. The molecule has 0 saturated carbocycles. The van der Waals surface area contributed by atoms with E-state index in [1.807, 2.05) is 19.9 Å². The van der Waals surface area contributed by atoms with E-state index in [9.17, 15) is 13.6 Å². The van der Waals surface area contributed by atoms with Crippen molar-refractivity contribution >= 4 is 5.91 Å². The molecule has 2 aromatic heterocycles. The molecule has 0 bridgehead atoms. The monoisotopic (exact) mass is 423 g/mol. The number of amides is 1. The van der Waals surface area contributed by atoms with Gasteiger partial charge in [-0.2, -0.15) is 14.0 Å². The number of nitrogens with one attached hydrogen (secondary N) is 1. The quantitative estimate of drug-likeness (QED) is 0.786. The third-order valence-electron chi connectivity index (χ3n) is 5.21. The smallest absolute Gasteiger partial charge is 0.387 e. The molecule has 1 unspecified atom stereocenters. The summed E-state index contributed by atoms with van der Waals surface area (Å²) in [5, 5.41) is 12.1. The molecule has 0 spiro atoms. The van der Waals surface area contributed by atoms with Crippen LogP contribution in [-0.2, 0) is 0 Å². The molecule has 31 heavy (non-hydrogen) atoms. The summed E-state index contributed by atoms with van der Waals surface area (Å²) >= 11 is 0. The minimum Gasteiger partial charge on any atom is -0.433 e. The van der Waals surface area contributed by atoms with Crippen LogP contribution >= 0.6 is 0 Å². The lowest BCUT2D eigenvalue weighted by Crippen LogP contribution is -2.32. The third-order valence-corrected chi connectivity index (χ3v) is 5.21. The van der Waals surface area contributed by atoms with Gasteiger partial charge >= 0.3 is 6.61 Å². The van der Waals surface area contributed by atoms with E-state index in [4.69, 9.17) is 5.26 Å². The normalized spacial score (nSPS) is 17.6. The first-order valence-corrected chi connectivity index (χ1v) is 9.64. The third kappa shape index (κ3) is 3.84. The van der Waals surface area contributed by atoms with E-state index < -0.39 is 6.61 Å². The van der Waals surface area contributed by atoms with E-state index in [1.54, 1.807) is 17.2 Å². The minimum absolute atomic E-state index is 0.0616. The Labute approximate surface area is 177 Å². The Balaban J connectivity index is 1.71. The fraction of sp³-hybridized carbons (Fsp3) is 0.273. The number of hydrogen-bond acceptors (Lipinski definition) is 6. The second-order valence-electron chi connectivity index (χ2n) is 7.29. The van der Waals surface area contributed by atoms with Crippen LogP contribution in [0.3, 0.4) is 0 Å². The molecule has 0 aromatic carbocycles. The number of carbonyl (C=O) groups is 1. The van der Waals surface area contributed by atoms with Crippen LogP contribution in [0.15, 0.2) is 48.1 Å². The Morgan fingerprint density at radius 1 is 1.39 bits per heavy atom. The van der Waals surface area contributed by atoms with Crippen LogP contribution in [0.25, 0.3) is 11.3 Å². The molecule has 9 heteroatoms. The standard InChI is InChI=1S/C22H19F2N5O2/c1-12-5-18(15-7-17(11-27-9-15)31-22(23)24)28-20-13(2)29(21(30)19(12)20)16-6-14(3-4-25)8-26-10-16/h5-9,11,13,22,26H,3,10H2,1-2H3. The van der Waals surface area contributed by atoms with Gasteiger partial charge in [-0.3, -0.25) is 9.78 Å². The molecule has 1 N–H and O–H groups in total. The average Bonchev–Trinajstić information content (AvgIpc) is 2.98. The number of aryl methyl sites for hydroxylation is 1. The maximum Gasteiger partial charge on any atom is 0.387 e. The summed E-state index contributed by atoms with van der Waals surface area (Å²) in [5.41, 5.74) is 4.46. The molecule has 1 atom stereocenters. The van der Waals surface area contributed by atoms with Crippen LogP contribution in [-0.4, -0.2) is 33.9 Å². The largest absolute Gasteiger partial charge is 0.433 e. The number of aromatic nitrogens is 2. The first-order chi connectivity index (χ1) is 14.9. The Kier molecular flexibility index (Phi) is 5.38. The molecule has 7 nitrogen and oxygen atoms in total. The van der Waals surface area contributed by atoms with Gasteiger partial charge in [0.05, 0.1) is 48.2 Å². The Bertz CT molecular complexity index is 1150. The molecule has 0 radical (unpaired) electrons. The molecule has 4 heterocycles. The first kappa shape index (κ1) is 20.5. The number of alkyl halides is 2. The van der Waals surface area contributed by atoms with Crippen molar-refractivity contribution in [3.63, 3.8) is 0 Å². The number of nitriles is 1. The van der Waals surface area contributed by atoms with Crippen molar-refractivity contribution in [1.82, 2.24) is 20.2 Å². The van der Waals surface area contributed by atoms with Crippen molar-refractivity contribution in [2.24, 2.45) is 0 Å². The highest BCUT2D eigenvalue weighted by molar-refractivity contribution is 6.01. The van der Waals surface area contributed by atoms with Crippen LogP contribution in [0.2, 0.25) is 0 Å². The minimum atomic E-state index is -2.95. The summed E-state index contributed by atoms with van der Waals surface area (Å²) in [7, 11) is 0. The molecule has 158 valence electrons. The van der Waals surface area contributed by atoms with E-state index >= 15 is 0 Å². The Morgan fingerprint density at radius 2 is 2.19 bits per heavy atom. The lowest BCUT2D eigenvalue weighted by atomic mass is 10.0. The molecule has 1 amide bonds. The molecule has 4 rings (SSSR count).